The zero-order chi connectivity index (χ0) is 21.3. The largest absolute Gasteiger partial charge is 0.415 e. The van der Waals surface area contributed by atoms with E-state index in [0.29, 0.717) is 18.8 Å². The summed E-state index contributed by atoms with van der Waals surface area (Å²) in [6, 6.07) is 13.7. The monoisotopic (exact) mass is 435 g/mol. The van der Waals surface area contributed by atoms with Gasteiger partial charge in [-0.25, -0.2) is 14.8 Å². The van der Waals surface area contributed by atoms with Crippen LogP contribution in [0.4, 0.5) is 4.79 Å². The molecule has 0 atom stereocenters. The van der Waals surface area contributed by atoms with E-state index >= 15 is 0 Å². The number of ether oxygens (including phenoxy) is 1. The van der Waals surface area contributed by atoms with Crippen molar-refractivity contribution in [2.45, 2.75) is 17.9 Å². The van der Waals surface area contributed by atoms with Crippen LogP contribution in [-0.4, -0.2) is 62.8 Å². The normalized spacial score (nSPS) is 14.4. The predicted molar refractivity (Wildman–Crippen MR) is 120 cm³/mol. The van der Waals surface area contributed by atoms with Gasteiger partial charge < -0.3 is 9.64 Å². The average Bonchev–Trinajstić information content (AvgIpc) is 2.82. The molecule has 1 saturated heterocycles. The second-order valence-corrected chi connectivity index (χ2v) is 8.43. The van der Waals surface area contributed by atoms with E-state index in [2.05, 4.69) is 19.9 Å². The first-order valence-electron chi connectivity index (χ1n) is 10.3. The van der Waals surface area contributed by atoms with Crippen LogP contribution in [0.15, 0.2) is 72.3 Å². The third-order valence-corrected chi connectivity index (χ3v) is 6.11. The van der Waals surface area contributed by atoms with E-state index in [9.17, 15) is 4.79 Å². The number of pyridine rings is 1. The number of aryl methyl sites for hydroxylation is 1. The van der Waals surface area contributed by atoms with Gasteiger partial charge in [0.05, 0.1) is 5.69 Å². The molecule has 0 radical (unpaired) electrons. The van der Waals surface area contributed by atoms with E-state index in [0.717, 1.165) is 37.5 Å². The highest BCUT2D eigenvalue weighted by atomic mass is 32.2. The lowest BCUT2D eigenvalue weighted by Gasteiger charge is -2.33. The number of thioether (sulfide) groups is 1. The van der Waals surface area contributed by atoms with Gasteiger partial charge in [-0.1, -0.05) is 12.1 Å². The Balaban J connectivity index is 1.19. The zero-order valence-corrected chi connectivity index (χ0v) is 18.1. The lowest BCUT2D eigenvalue weighted by Crippen LogP contribution is -2.49. The van der Waals surface area contributed by atoms with Crippen molar-refractivity contribution in [3.8, 4) is 5.75 Å². The summed E-state index contributed by atoms with van der Waals surface area (Å²) in [6.45, 7) is 3.66. The number of carbonyl (C=O) groups excluding carboxylic acids is 1. The number of benzene rings is 1. The van der Waals surface area contributed by atoms with Crippen molar-refractivity contribution in [1.29, 1.82) is 0 Å². The summed E-state index contributed by atoms with van der Waals surface area (Å²) in [4.78, 5) is 30.0. The van der Waals surface area contributed by atoms with Crippen LogP contribution in [-0.2, 0) is 13.0 Å². The zero-order valence-electron chi connectivity index (χ0n) is 17.3. The van der Waals surface area contributed by atoms with E-state index in [-0.39, 0.29) is 6.09 Å². The second kappa shape index (κ2) is 10.9. The molecular formula is C23H25N5O2S. The number of amides is 1. The summed E-state index contributed by atoms with van der Waals surface area (Å²) < 4.78 is 5.57. The van der Waals surface area contributed by atoms with Gasteiger partial charge in [0.25, 0.3) is 0 Å². The molecule has 1 aromatic carbocycles. The molecule has 160 valence electrons. The molecule has 0 saturated carbocycles. The summed E-state index contributed by atoms with van der Waals surface area (Å²) in [7, 11) is 0. The molecule has 0 spiro atoms. The van der Waals surface area contributed by atoms with Gasteiger partial charge in [0, 0.05) is 62.0 Å². The standard InChI is InChI=1S/C23H25N5O2S/c29-23(28-14-12-27(13-15-28)17-20-5-9-25-18-26-20)30-21-3-1-19(2-4-21)8-16-31-22-6-10-24-11-7-22/h1-7,9-11,18H,8,12-17H2. The minimum absolute atomic E-state index is 0.289. The molecular weight excluding hydrogens is 410 g/mol. The molecule has 0 aliphatic carbocycles. The molecule has 0 N–H and O–H groups in total. The highest BCUT2D eigenvalue weighted by Gasteiger charge is 2.22. The van der Waals surface area contributed by atoms with Crippen LogP contribution in [0, 0.1) is 0 Å². The van der Waals surface area contributed by atoms with Crippen molar-refractivity contribution in [2.75, 3.05) is 31.9 Å². The van der Waals surface area contributed by atoms with Crippen molar-refractivity contribution in [2.24, 2.45) is 0 Å². The van der Waals surface area contributed by atoms with E-state index in [1.165, 1.54) is 10.5 Å². The van der Waals surface area contributed by atoms with Gasteiger partial charge in [-0.2, -0.15) is 0 Å². The first kappa shape index (κ1) is 21.3. The Kier molecular flexibility index (Phi) is 7.46. The Hall–Kier alpha value is -2.97. The van der Waals surface area contributed by atoms with Crippen LogP contribution < -0.4 is 4.74 Å². The summed E-state index contributed by atoms with van der Waals surface area (Å²) in [5.74, 6) is 1.57. The maximum atomic E-state index is 12.5. The van der Waals surface area contributed by atoms with Gasteiger partial charge in [0.2, 0.25) is 0 Å². The third kappa shape index (κ3) is 6.50. The topological polar surface area (TPSA) is 71.5 Å². The third-order valence-electron chi connectivity index (χ3n) is 5.10. The molecule has 8 heteroatoms. The van der Waals surface area contributed by atoms with Gasteiger partial charge in [0.15, 0.2) is 0 Å². The fourth-order valence-corrected chi connectivity index (χ4v) is 4.23. The number of carbonyl (C=O) groups is 1. The summed E-state index contributed by atoms with van der Waals surface area (Å²) in [5.41, 5.74) is 2.21. The minimum atomic E-state index is -0.289. The van der Waals surface area contributed by atoms with E-state index in [1.807, 2.05) is 54.9 Å². The van der Waals surface area contributed by atoms with Gasteiger partial charge in [-0.3, -0.25) is 9.88 Å². The number of piperazine rings is 1. The van der Waals surface area contributed by atoms with Crippen LogP contribution >= 0.6 is 11.8 Å². The molecule has 1 aliphatic heterocycles. The van der Waals surface area contributed by atoms with E-state index < -0.39 is 0 Å². The van der Waals surface area contributed by atoms with Crippen molar-refractivity contribution < 1.29 is 9.53 Å². The van der Waals surface area contributed by atoms with Crippen LogP contribution in [0.5, 0.6) is 5.75 Å². The Morgan fingerprint density at radius 3 is 2.39 bits per heavy atom. The first-order chi connectivity index (χ1) is 15.3. The highest BCUT2D eigenvalue weighted by Crippen LogP contribution is 2.20. The van der Waals surface area contributed by atoms with Crippen LogP contribution in [0.1, 0.15) is 11.3 Å². The molecule has 3 aromatic rings. The lowest BCUT2D eigenvalue weighted by molar-refractivity contribution is 0.107. The molecule has 3 heterocycles. The van der Waals surface area contributed by atoms with Gasteiger partial charge in [0.1, 0.15) is 12.1 Å². The van der Waals surface area contributed by atoms with Crippen LogP contribution in [0.3, 0.4) is 0 Å². The molecule has 1 aliphatic rings. The summed E-state index contributed by atoms with van der Waals surface area (Å²) >= 11 is 1.81. The van der Waals surface area contributed by atoms with E-state index in [1.54, 1.807) is 29.2 Å². The molecule has 0 bridgehead atoms. The predicted octanol–water partition coefficient (Wildman–Crippen LogP) is 3.52. The van der Waals surface area contributed by atoms with Crippen LogP contribution in [0.25, 0.3) is 0 Å². The SMILES string of the molecule is O=C(Oc1ccc(CCSc2ccncc2)cc1)N1CCN(Cc2ccncn2)CC1. The number of rotatable bonds is 7. The molecule has 4 rings (SSSR count). The van der Waals surface area contributed by atoms with Crippen molar-refractivity contribution in [1.82, 2.24) is 24.8 Å². The Bertz CT molecular complexity index is 949. The number of hydrogen-bond donors (Lipinski definition) is 0. The maximum absolute atomic E-state index is 12.5. The number of nitrogens with zero attached hydrogens (tertiary/aromatic N) is 5. The van der Waals surface area contributed by atoms with Gasteiger partial charge >= 0.3 is 6.09 Å². The lowest BCUT2D eigenvalue weighted by atomic mass is 10.2. The molecule has 31 heavy (non-hydrogen) atoms. The number of hydrogen-bond acceptors (Lipinski definition) is 7. The van der Waals surface area contributed by atoms with Crippen molar-refractivity contribution in [3.05, 3.63) is 78.6 Å². The molecule has 1 fully saturated rings. The first-order valence-corrected chi connectivity index (χ1v) is 11.3. The Labute approximate surface area is 186 Å². The van der Waals surface area contributed by atoms with Gasteiger partial charge in [-0.15, -0.1) is 11.8 Å². The molecule has 2 aromatic heterocycles. The Morgan fingerprint density at radius 2 is 1.68 bits per heavy atom. The highest BCUT2D eigenvalue weighted by molar-refractivity contribution is 7.99. The number of aromatic nitrogens is 3. The maximum Gasteiger partial charge on any atom is 0.415 e. The summed E-state index contributed by atoms with van der Waals surface area (Å²) in [5, 5.41) is 0. The Morgan fingerprint density at radius 1 is 0.935 bits per heavy atom. The molecule has 0 unspecified atom stereocenters. The summed E-state index contributed by atoms with van der Waals surface area (Å²) in [6.07, 6.45) is 7.60. The average molecular weight is 436 g/mol. The fourth-order valence-electron chi connectivity index (χ4n) is 3.34. The minimum Gasteiger partial charge on any atom is -0.410 e. The van der Waals surface area contributed by atoms with Crippen molar-refractivity contribution >= 4 is 17.9 Å². The smallest absolute Gasteiger partial charge is 0.410 e. The van der Waals surface area contributed by atoms with Gasteiger partial charge in [-0.05, 0) is 42.3 Å². The fraction of sp³-hybridized carbons (Fsp3) is 0.304. The van der Waals surface area contributed by atoms with Crippen LogP contribution in [0.2, 0.25) is 0 Å². The quantitative estimate of drug-likeness (QED) is 0.526. The molecule has 7 nitrogen and oxygen atoms in total. The molecule has 1 amide bonds. The van der Waals surface area contributed by atoms with Crippen molar-refractivity contribution in [3.63, 3.8) is 0 Å². The second-order valence-electron chi connectivity index (χ2n) is 7.26. The van der Waals surface area contributed by atoms with E-state index in [4.69, 9.17) is 4.74 Å².